The molecule has 2 heterocycles. The average Bonchev–Trinajstić information content (AvgIpc) is 3.34. The van der Waals surface area contributed by atoms with E-state index < -0.39 is 18.3 Å². The van der Waals surface area contributed by atoms with Crippen molar-refractivity contribution in [1.29, 1.82) is 0 Å². The van der Waals surface area contributed by atoms with Gasteiger partial charge in [0.25, 0.3) is 0 Å². The minimum absolute atomic E-state index is 0.423. The van der Waals surface area contributed by atoms with Crippen molar-refractivity contribution < 1.29 is 13.7 Å². The third-order valence-electron chi connectivity index (χ3n) is 8.09. The van der Waals surface area contributed by atoms with Crippen LogP contribution in [0.4, 0.5) is 0 Å². The first-order valence-corrected chi connectivity index (χ1v) is 12.5. The van der Waals surface area contributed by atoms with Crippen molar-refractivity contribution in [2.24, 2.45) is 0 Å². The van der Waals surface area contributed by atoms with Gasteiger partial charge in [0.05, 0.1) is 11.2 Å². The van der Waals surface area contributed by atoms with Crippen LogP contribution in [-0.2, 0) is 9.31 Å². The van der Waals surface area contributed by atoms with Gasteiger partial charge in [-0.1, -0.05) is 72.8 Å². The van der Waals surface area contributed by atoms with Crippen molar-refractivity contribution in [2.75, 3.05) is 0 Å². The predicted molar refractivity (Wildman–Crippen MR) is 150 cm³/mol. The van der Waals surface area contributed by atoms with Gasteiger partial charge < -0.3 is 13.7 Å². The number of fused-ring (bicyclic) bond motifs is 5. The molecule has 4 heteroatoms. The van der Waals surface area contributed by atoms with E-state index in [1.54, 1.807) is 0 Å². The quantitative estimate of drug-likeness (QED) is 0.242. The Hall–Kier alpha value is -3.60. The highest BCUT2D eigenvalue weighted by Gasteiger charge is 2.52. The van der Waals surface area contributed by atoms with Crippen LogP contribution < -0.4 is 5.46 Å². The van der Waals surface area contributed by atoms with Gasteiger partial charge in [-0.25, -0.2) is 0 Å². The Morgan fingerprint density at radius 3 is 1.92 bits per heavy atom. The molecule has 0 amide bonds. The van der Waals surface area contributed by atoms with Crippen LogP contribution in [0.2, 0.25) is 0 Å². The van der Waals surface area contributed by atoms with E-state index in [0.29, 0.717) is 0 Å². The van der Waals surface area contributed by atoms with E-state index in [0.717, 1.165) is 43.9 Å². The van der Waals surface area contributed by atoms with Crippen molar-refractivity contribution in [3.05, 3.63) is 91.0 Å². The van der Waals surface area contributed by atoms with Crippen LogP contribution >= 0.6 is 0 Å². The summed E-state index contributed by atoms with van der Waals surface area (Å²) in [4.78, 5) is 0. The molecule has 36 heavy (non-hydrogen) atoms. The fourth-order valence-electron chi connectivity index (χ4n) is 5.34. The van der Waals surface area contributed by atoms with Crippen molar-refractivity contribution in [2.45, 2.75) is 38.9 Å². The first kappa shape index (κ1) is 21.7. The van der Waals surface area contributed by atoms with Crippen molar-refractivity contribution in [1.82, 2.24) is 0 Å². The Morgan fingerprint density at radius 1 is 0.611 bits per heavy atom. The Morgan fingerprint density at radius 2 is 1.22 bits per heavy atom. The maximum Gasteiger partial charge on any atom is 0.495 e. The standard InChI is InChI=1S/C32H27BO3/c1-31(2)32(3,4)36-33(35-31)27-16-15-25(24-14-13-20-9-5-6-10-21(20)17-24)30-29(27)26-18-22-11-7-8-12-23(22)19-28(26)34-30/h5-19H,1-4H3. The van der Waals surface area contributed by atoms with Gasteiger partial charge in [-0.05, 0) is 78.5 Å². The highest BCUT2D eigenvalue weighted by molar-refractivity contribution is 6.66. The van der Waals surface area contributed by atoms with E-state index in [-0.39, 0.29) is 0 Å². The molecule has 5 aromatic carbocycles. The first-order valence-electron chi connectivity index (χ1n) is 12.5. The third kappa shape index (κ3) is 3.15. The summed E-state index contributed by atoms with van der Waals surface area (Å²) in [7, 11) is -0.476. The normalized spacial score (nSPS) is 17.1. The fourth-order valence-corrected chi connectivity index (χ4v) is 5.34. The Balaban J connectivity index is 1.53. The molecule has 1 aromatic heterocycles. The van der Waals surface area contributed by atoms with E-state index in [1.807, 2.05) is 0 Å². The number of benzene rings is 5. The summed E-state index contributed by atoms with van der Waals surface area (Å²) in [6.45, 7) is 8.37. The second-order valence-corrected chi connectivity index (χ2v) is 10.9. The summed E-state index contributed by atoms with van der Waals surface area (Å²) in [5, 5.41) is 6.91. The van der Waals surface area contributed by atoms with Crippen LogP contribution in [0.1, 0.15) is 27.7 Å². The topological polar surface area (TPSA) is 31.6 Å². The predicted octanol–water partition coefficient (Wildman–Crippen LogP) is 7.86. The molecule has 0 atom stereocenters. The molecule has 0 N–H and O–H groups in total. The zero-order chi connectivity index (χ0) is 24.7. The Kier molecular flexibility index (Phi) is 4.49. The van der Waals surface area contributed by atoms with E-state index in [2.05, 4.69) is 119 Å². The number of hydrogen-bond acceptors (Lipinski definition) is 3. The molecule has 1 fully saturated rings. The Bertz CT molecular complexity index is 1800. The minimum Gasteiger partial charge on any atom is -0.455 e. The van der Waals surface area contributed by atoms with Gasteiger partial charge in [-0.15, -0.1) is 0 Å². The van der Waals surface area contributed by atoms with E-state index >= 15 is 0 Å². The highest BCUT2D eigenvalue weighted by Crippen LogP contribution is 2.41. The van der Waals surface area contributed by atoms with Gasteiger partial charge >= 0.3 is 7.12 Å². The van der Waals surface area contributed by atoms with E-state index in [4.69, 9.17) is 13.7 Å². The molecule has 6 aromatic rings. The summed E-state index contributed by atoms with van der Waals surface area (Å²) in [6.07, 6.45) is 0. The van der Waals surface area contributed by atoms with Crippen LogP contribution in [0, 0.1) is 0 Å². The zero-order valence-electron chi connectivity index (χ0n) is 21.0. The molecule has 0 aliphatic carbocycles. The lowest BCUT2D eigenvalue weighted by Gasteiger charge is -2.32. The third-order valence-corrected chi connectivity index (χ3v) is 8.09. The van der Waals surface area contributed by atoms with Gasteiger partial charge in [0.15, 0.2) is 0 Å². The van der Waals surface area contributed by atoms with Crippen LogP contribution in [0.15, 0.2) is 95.4 Å². The SMILES string of the molecule is CC1(C)OB(c2ccc(-c3ccc4ccccc4c3)c3oc4cc5ccccc5cc4c23)OC1(C)C. The molecule has 0 spiro atoms. The summed E-state index contributed by atoms with van der Waals surface area (Å²) in [5.41, 5.74) is 4.08. The Labute approximate surface area is 210 Å². The van der Waals surface area contributed by atoms with Gasteiger partial charge in [0, 0.05) is 16.3 Å². The van der Waals surface area contributed by atoms with Crippen LogP contribution in [0.25, 0.3) is 54.6 Å². The number of hydrogen-bond donors (Lipinski definition) is 0. The lowest BCUT2D eigenvalue weighted by Crippen LogP contribution is -2.41. The van der Waals surface area contributed by atoms with Crippen molar-refractivity contribution in [3.63, 3.8) is 0 Å². The fraction of sp³-hybridized carbons (Fsp3) is 0.188. The molecule has 0 saturated carbocycles. The maximum absolute atomic E-state index is 6.65. The molecule has 3 nitrogen and oxygen atoms in total. The van der Waals surface area contributed by atoms with E-state index in [9.17, 15) is 0 Å². The lowest BCUT2D eigenvalue weighted by atomic mass is 9.75. The largest absolute Gasteiger partial charge is 0.495 e. The summed E-state index contributed by atoms with van der Waals surface area (Å²) in [6, 6.07) is 32.1. The molecular weight excluding hydrogens is 443 g/mol. The van der Waals surface area contributed by atoms with Crippen molar-refractivity contribution >= 4 is 56.1 Å². The van der Waals surface area contributed by atoms with Gasteiger partial charge in [-0.2, -0.15) is 0 Å². The van der Waals surface area contributed by atoms with Gasteiger partial charge in [0.1, 0.15) is 11.2 Å². The highest BCUT2D eigenvalue weighted by atomic mass is 16.7. The molecule has 0 radical (unpaired) electrons. The first-order chi connectivity index (χ1) is 17.3. The summed E-state index contributed by atoms with van der Waals surface area (Å²) >= 11 is 0. The monoisotopic (exact) mass is 470 g/mol. The molecule has 176 valence electrons. The molecule has 7 rings (SSSR count). The number of rotatable bonds is 2. The second kappa shape index (κ2) is 7.46. The van der Waals surface area contributed by atoms with Gasteiger partial charge in [0.2, 0.25) is 0 Å². The maximum atomic E-state index is 6.65. The van der Waals surface area contributed by atoms with E-state index in [1.165, 1.54) is 16.2 Å². The molecule has 0 unspecified atom stereocenters. The lowest BCUT2D eigenvalue weighted by molar-refractivity contribution is 0.00578. The zero-order valence-corrected chi connectivity index (χ0v) is 21.0. The van der Waals surface area contributed by atoms with Crippen molar-refractivity contribution in [3.8, 4) is 11.1 Å². The van der Waals surface area contributed by atoms with Gasteiger partial charge in [-0.3, -0.25) is 0 Å². The molecule has 0 bridgehead atoms. The smallest absolute Gasteiger partial charge is 0.455 e. The molecule has 1 saturated heterocycles. The molecule has 1 aliphatic heterocycles. The molecular formula is C32H27BO3. The van der Waals surface area contributed by atoms with Crippen LogP contribution in [0.5, 0.6) is 0 Å². The molecule has 1 aliphatic rings. The summed E-state index contributed by atoms with van der Waals surface area (Å²) < 4.78 is 19.7. The summed E-state index contributed by atoms with van der Waals surface area (Å²) in [5.74, 6) is 0. The second-order valence-electron chi connectivity index (χ2n) is 10.9. The van der Waals surface area contributed by atoms with Crippen LogP contribution in [0.3, 0.4) is 0 Å². The minimum atomic E-state index is -0.476. The number of furan rings is 1. The average molecular weight is 470 g/mol. The van der Waals surface area contributed by atoms with Crippen LogP contribution in [-0.4, -0.2) is 18.3 Å².